The first kappa shape index (κ1) is 17.9. The van der Waals surface area contributed by atoms with Gasteiger partial charge in [-0.05, 0) is 39.5 Å². The van der Waals surface area contributed by atoms with Gasteiger partial charge in [0.2, 0.25) is 5.60 Å². The third-order valence-electron chi connectivity index (χ3n) is 3.22. The normalized spacial score (nSPS) is 14.6. The van der Waals surface area contributed by atoms with Crippen LogP contribution in [0.1, 0.15) is 67.2 Å². The maximum Gasteiger partial charge on any atom is 0.350 e. The van der Waals surface area contributed by atoms with Gasteiger partial charge in [0.05, 0.1) is 6.10 Å². The molecule has 0 aliphatic heterocycles. The highest BCUT2D eigenvalue weighted by atomic mass is 16.6. The molecule has 0 heterocycles. The van der Waals surface area contributed by atoms with Crippen molar-refractivity contribution < 1.29 is 19.1 Å². The van der Waals surface area contributed by atoms with Gasteiger partial charge in [0.1, 0.15) is 0 Å². The van der Waals surface area contributed by atoms with Crippen molar-refractivity contribution in [1.82, 2.24) is 0 Å². The Morgan fingerprint density at radius 1 is 1.11 bits per heavy atom. The highest BCUT2D eigenvalue weighted by Crippen LogP contribution is 2.17. The molecule has 4 nitrogen and oxygen atoms in total. The molecule has 0 N–H and O–H groups in total. The standard InChI is InChI=1S/C15H28O4/c1-7-11(3)9-10-12(4)18-14(17)15(5,6)19-13(16)8-2/h11-12H,7-10H2,1-6H3. The molecule has 19 heavy (non-hydrogen) atoms. The summed E-state index contributed by atoms with van der Waals surface area (Å²) in [6.07, 6.45) is 3.08. The lowest BCUT2D eigenvalue weighted by Gasteiger charge is -2.25. The Kier molecular flexibility index (Phi) is 7.72. The van der Waals surface area contributed by atoms with E-state index in [-0.39, 0.29) is 12.5 Å². The van der Waals surface area contributed by atoms with Crippen molar-refractivity contribution in [1.29, 1.82) is 0 Å². The Morgan fingerprint density at radius 3 is 2.16 bits per heavy atom. The first-order valence-electron chi connectivity index (χ1n) is 7.15. The Hall–Kier alpha value is -1.06. The molecule has 0 fully saturated rings. The van der Waals surface area contributed by atoms with Gasteiger partial charge in [0.15, 0.2) is 0 Å². The molecule has 0 aliphatic rings. The zero-order valence-corrected chi connectivity index (χ0v) is 13.1. The molecule has 2 unspecified atom stereocenters. The van der Waals surface area contributed by atoms with Crippen molar-refractivity contribution in [3.05, 3.63) is 0 Å². The molecule has 0 amide bonds. The Balaban J connectivity index is 4.23. The number of ether oxygens (including phenoxy) is 2. The molecule has 0 saturated carbocycles. The molecule has 0 aromatic heterocycles. The van der Waals surface area contributed by atoms with Crippen molar-refractivity contribution in [2.24, 2.45) is 5.92 Å². The minimum atomic E-state index is -1.21. The molecular formula is C15H28O4. The monoisotopic (exact) mass is 272 g/mol. The van der Waals surface area contributed by atoms with E-state index in [9.17, 15) is 9.59 Å². The van der Waals surface area contributed by atoms with Crippen LogP contribution in [0.3, 0.4) is 0 Å². The van der Waals surface area contributed by atoms with Gasteiger partial charge in [-0.1, -0.05) is 27.2 Å². The third kappa shape index (κ3) is 7.19. The lowest BCUT2D eigenvalue weighted by Crippen LogP contribution is -2.40. The Labute approximate surface area is 116 Å². The number of rotatable bonds is 8. The van der Waals surface area contributed by atoms with Gasteiger partial charge >= 0.3 is 11.9 Å². The van der Waals surface area contributed by atoms with Gasteiger partial charge in [-0.2, -0.15) is 0 Å². The van der Waals surface area contributed by atoms with Crippen LogP contribution in [0.25, 0.3) is 0 Å². The molecule has 0 spiro atoms. The number of hydrogen-bond donors (Lipinski definition) is 0. The van der Waals surface area contributed by atoms with Crippen molar-refractivity contribution in [3.63, 3.8) is 0 Å². The van der Waals surface area contributed by atoms with Crippen LogP contribution in [0.4, 0.5) is 0 Å². The van der Waals surface area contributed by atoms with E-state index >= 15 is 0 Å². The minimum Gasteiger partial charge on any atom is -0.460 e. The zero-order valence-electron chi connectivity index (χ0n) is 13.1. The first-order valence-corrected chi connectivity index (χ1v) is 7.15. The number of hydrogen-bond acceptors (Lipinski definition) is 4. The fourth-order valence-electron chi connectivity index (χ4n) is 1.51. The number of carbonyl (C=O) groups excluding carboxylic acids is 2. The van der Waals surface area contributed by atoms with Crippen molar-refractivity contribution >= 4 is 11.9 Å². The van der Waals surface area contributed by atoms with E-state index in [4.69, 9.17) is 9.47 Å². The van der Waals surface area contributed by atoms with E-state index in [0.29, 0.717) is 5.92 Å². The number of carbonyl (C=O) groups is 2. The Bertz CT molecular complexity index is 297. The van der Waals surface area contributed by atoms with Gasteiger partial charge in [-0.15, -0.1) is 0 Å². The van der Waals surface area contributed by atoms with E-state index in [1.165, 1.54) is 0 Å². The topological polar surface area (TPSA) is 52.6 Å². The summed E-state index contributed by atoms with van der Waals surface area (Å²) in [5, 5.41) is 0. The predicted molar refractivity (Wildman–Crippen MR) is 74.7 cm³/mol. The second-order valence-electron chi connectivity index (χ2n) is 5.64. The Morgan fingerprint density at radius 2 is 1.68 bits per heavy atom. The van der Waals surface area contributed by atoms with E-state index in [1.54, 1.807) is 20.8 Å². The van der Waals surface area contributed by atoms with Crippen LogP contribution >= 0.6 is 0 Å². The summed E-state index contributed by atoms with van der Waals surface area (Å²) in [4.78, 5) is 23.2. The summed E-state index contributed by atoms with van der Waals surface area (Å²) >= 11 is 0. The van der Waals surface area contributed by atoms with Gasteiger partial charge in [0.25, 0.3) is 0 Å². The van der Waals surface area contributed by atoms with Gasteiger partial charge in [-0.3, -0.25) is 4.79 Å². The zero-order chi connectivity index (χ0) is 15.1. The fourth-order valence-corrected chi connectivity index (χ4v) is 1.51. The summed E-state index contributed by atoms with van der Waals surface area (Å²) in [5.74, 6) is -0.243. The molecule has 4 heteroatoms. The van der Waals surface area contributed by atoms with Gasteiger partial charge in [-0.25, -0.2) is 4.79 Å². The average Bonchev–Trinajstić information content (AvgIpc) is 2.34. The first-order chi connectivity index (χ1) is 8.72. The highest BCUT2D eigenvalue weighted by molar-refractivity contribution is 5.82. The fraction of sp³-hybridized carbons (Fsp3) is 0.867. The largest absolute Gasteiger partial charge is 0.460 e. The molecule has 0 saturated heterocycles. The molecule has 112 valence electrons. The summed E-state index contributed by atoms with van der Waals surface area (Å²) in [6, 6.07) is 0. The maximum absolute atomic E-state index is 11.9. The van der Waals surface area contributed by atoms with Crippen molar-refractivity contribution in [2.45, 2.75) is 78.9 Å². The minimum absolute atomic E-state index is 0.152. The number of esters is 2. The smallest absolute Gasteiger partial charge is 0.350 e. The second kappa shape index (κ2) is 8.18. The maximum atomic E-state index is 11.9. The molecule has 0 aromatic rings. The van der Waals surface area contributed by atoms with Gasteiger partial charge in [0, 0.05) is 6.42 Å². The average molecular weight is 272 g/mol. The summed E-state index contributed by atoms with van der Waals surface area (Å²) in [5.41, 5.74) is -1.21. The van der Waals surface area contributed by atoms with E-state index in [0.717, 1.165) is 19.3 Å². The van der Waals surface area contributed by atoms with E-state index in [1.807, 2.05) is 6.92 Å². The molecule has 2 atom stereocenters. The van der Waals surface area contributed by atoms with E-state index < -0.39 is 17.5 Å². The molecule has 0 bridgehead atoms. The third-order valence-corrected chi connectivity index (χ3v) is 3.22. The highest BCUT2D eigenvalue weighted by Gasteiger charge is 2.34. The van der Waals surface area contributed by atoms with Crippen LogP contribution in [-0.4, -0.2) is 23.6 Å². The molecule has 0 radical (unpaired) electrons. The second-order valence-corrected chi connectivity index (χ2v) is 5.64. The molecule has 0 rings (SSSR count). The summed E-state index contributed by atoms with van der Waals surface area (Å²) < 4.78 is 10.4. The van der Waals surface area contributed by atoms with Crippen LogP contribution in [0.15, 0.2) is 0 Å². The summed E-state index contributed by atoms with van der Waals surface area (Å²) in [6.45, 7) is 11.0. The molecule has 0 aromatic carbocycles. The van der Waals surface area contributed by atoms with Crippen molar-refractivity contribution in [2.75, 3.05) is 0 Å². The van der Waals surface area contributed by atoms with Crippen LogP contribution < -0.4 is 0 Å². The van der Waals surface area contributed by atoms with Crippen LogP contribution in [0.2, 0.25) is 0 Å². The molecule has 0 aliphatic carbocycles. The SMILES string of the molecule is CCC(=O)OC(C)(C)C(=O)OC(C)CCC(C)CC. The summed E-state index contributed by atoms with van der Waals surface area (Å²) in [7, 11) is 0. The van der Waals surface area contributed by atoms with Crippen LogP contribution in [0.5, 0.6) is 0 Å². The lowest BCUT2D eigenvalue weighted by atomic mass is 10.0. The lowest BCUT2D eigenvalue weighted by molar-refractivity contribution is -0.181. The van der Waals surface area contributed by atoms with Crippen LogP contribution in [-0.2, 0) is 19.1 Å². The molecular weight excluding hydrogens is 244 g/mol. The van der Waals surface area contributed by atoms with Crippen molar-refractivity contribution in [3.8, 4) is 0 Å². The van der Waals surface area contributed by atoms with E-state index in [2.05, 4.69) is 13.8 Å². The predicted octanol–water partition coefficient (Wildman–Crippen LogP) is 3.48. The quantitative estimate of drug-likeness (QED) is 0.635. The van der Waals surface area contributed by atoms with Gasteiger partial charge < -0.3 is 9.47 Å². The van der Waals surface area contributed by atoms with Crippen LogP contribution in [0, 0.1) is 5.92 Å².